The Morgan fingerprint density at radius 2 is 2.10 bits per heavy atom. The first-order valence-electron chi connectivity index (χ1n) is 6.46. The largest absolute Gasteiger partial charge is 0.323 e. The molecule has 0 radical (unpaired) electrons. The minimum Gasteiger partial charge on any atom is -0.323 e. The number of pyridine rings is 2. The Kier molecular flexibility index (Phi) is 3.23. The zero-order valence-corrected chi connectivity index (χ0v) is 11.3. The highest BCUT2D eigenvalue weighted by Crippen LogP contribution is 2.21. The van der Waals surface area contributed by atoms with Crippen LogP contribution in [0.3, 0.4) is 0 Å². The first-order chi connectivity index (χ1) is 10.1. The van der Waals surface area contributed by atoms with Crippen LogP contribution in [0.4, 0.5) is 4.39 Å². The van der Waals surface area contributed by atoms with Crippen molar-refractivity contribution in [3.63, 3.8) is 0 Å². The van der Waals surface area contributed by atoms with E-state index >= 15 is 0 Å². The van der Waals surface area contributed by atoms with Crippen molar-refractivity contribution < 1.29 is 4.39 Å². The molecular weight excluding hydrogens is 271 g/mol. The quantitative estimate of drug-likeness (QED) is 0.780. The van der Waals surface area contributed by atoms with Crippen LogP contribution in [0.15, 0.2) is 47.5 Å². The topological polar surface area (TPSA) is 73.3 Å². The van der Waals surface area contributed by atoms with E-state index in [9.17, 15) is 9.18 Å². The van der Waals surface area contributed by atoms with Gasteiger partial charge >= 0.3 is 0 Å². The van der Waals surface area contributed by atoms with Gasteiger partial charge < -0.3 is 5.73 Å². The zero-order chi connectivity index (χ0) is 15.0. The molecule has 0 bridgehead atoms. The van der Waals surface area contributed by atoms with Crippen molar-refractivity contribution in [3.8, 4) is 11.3 Å². The van der Waals surface area contributed by atoms with Gasteiger partial charge in [0.15, 0.2) is 0 Å². The highest BCUT2D eigenvalue weighted by molar-refractivity contribution is 5.63. The third-order valence-corrected chi connectivity index (χ3v) is 3.17. The monoisotopic (exact) mass is 284 g/mol. The number of hydrogen-bond donors (Lipinski definition) is 1. The Balaban J connectivity index is 2.43. The van der Waals surface area contributed by atoms with Gasteiger partial charge in [-0.3, -0.25) is 14.2 Å². The van der Waals surface area contributed by atoms with Crippen molar-refractivity contribution in [3.05, 3.63) is 64.6 Å². The van der Waals surface area contributed by atoms with Gasteiger partial charge in [-0.05, 0) is 31.2 Å². The van der Waals surface area contributed by atoms with Crippen molar-refractivity contribution in [2.24, 2.45) is 5.73 Å². The summed E-state index contributed by atoms with van der Waals surface area (Å²) in [7, 11) is 0. The van der Waals surface area contributed by atoms with Crippen molar-refractivity contribution in [2.75, 3.05) is 0 Å². The molecule has 21 heavy (non-hydrogen) atoms. The highest BCUT2D eigenvalue weighted by atomic mass is 19.1. The van der Waals surface area contributed by atoms with Gasteiger partial charge in [-0.15, -0.1) is 0 Å². The molecule has 0 saturated heterocycles. The van der Waals surface area contributed by atoms with Crippen LogP contribution in [0.1, 0.15) is 18.7 Å². The van der Waals surface area contributed by atoms with E-state index in [1.165, 1.54) is 16.5 Å². The average molecular weight is 284 g/mol. The molecule has 0 spiro atoms. The molecule has 3 rings (SSSR count). The summed E-state index contributed by atoms with van der Waals surface area (Å²) < 4.78 is 14.6. The van der Waals surface area contributed by atoms with E-state index < -0.39 is 11.9 Å². The maximum absolute atomic E-state index is 13.4. The van der Waals surface area contributed by atoms with Gasteiger partial charge in [-0.25, -0.2) is 9.37 Å². The summed E-state index contributed by atoms with van der Waals surface area (Å²) in [4.78, 5) is 21.2. The van der Waals surface area contributed by atoms with Gasteiger partial charge in [0, 0.05) is 18.4 Å². The Bertz CT molecular complexity index is 859. The van der Waals surface area contributed by atoms with Crippen LogP contribution in [-0.4, -0.2) is 14.4 Å². The van der Waals surface area contributed by atoms with E-state index in [4.69, 9.17) is 5.73 Å². The second-order valence-electron chi connectivity index (χ2n) is 4.76. The molecule has 5 nitrogen and oxygen atoms in total. The molecule has 0 amide bonds. The van der Waals surface area contributed by atoms with Crippen molar-refractivity contribution in [2.45, 2.75) is 13.0 Å². The van der Waals surface area contributed by atoms with Gasteiger partial charge in [-0.1, -0.05) is 6.07 Å². The van der Waals surface area contributed by atoms with E-state index in [1.54, 1.807) is 31.3 Å². The minimum atomic E-state index is -0.507. The molecule has 6 heteroatoms. The lowest BCUT2D eigenvalue weighted by Crippen LogP contribution is -2.23. The van der Waals surface area contributed by atoms with Crippen LogP contribution >= 0.6 is 0 Å². The Hall–Kier alpha value is -2.60. The molecular formula is C15H13FN4O. The normalized spacial score (nSPS) is 12.5. The van der Waals surface area contributed by atoms with Gasteiger partial charge in [0.25, 0.3) is 5.56 Å². The van der Waals surface area contributed by atoms with Crippen LogP contribution in [-0.2, 0) is 0 Å². The van der Waals surface area contributed by atoms with Crippen LogP contribution < -0.4 is 11.3 Å². The first-order valence-corrected chi connectivity index (χ1v) is 6.46. The maximum atomic E-state index is 13.4. The predicted molar refractivity (Wildman–Crippen MR) is 77.3 cm³/mol. The zero-order valence-electron chi connectivity index (χ0n) is 11.3. The summed E-state index contributed by atoms with van der Waals surface area (Å²) in [6.07, 6.45) is 2.70. The van der Waals surface area contributed by atoms with Crippen molar-refractivity contribution in [1.29, 1.82) is 0 Å². The van der Waals surface area contributed by atoms with Crippen LogP contribution in [0.25, 0.3) is 16.9 Å². The van der Waals surface area contributed by atoms with Gasteiger partial charge in [-0.2, -0.15) is 0 Å². The Morgan fingerprint density at radius 1 is 1.29 bits per heavy atom. The number of halogens is 1. The number of nitrogens with zero attached hydrogens (tertiary/aromatic N) is 3. The SMILES string of the molecule is CC(N)c1nc2ccc(F)cn2c(=O)c1-c1ccccn1. The molecule has 3 heterocycles. The standard InChI is InChI=1S/C15H13FN4O/c1-9(17)14-13(11-4-2-3-7-18-11)15(21)20-8-10(16)5-6-12(20)19-14/h2-9H,17H2,1H3. The van der Waals surface area contributed by atoms with E-state index in [2.05, 4.69) is 9.97 Å². The van der Waals surface area contributed by atoms with Crippen molar-refractivity contribution >= 4 is 5.65 Å². The Morgan fingerprint density at radius 3 is 2.76 bits per heavy atom. The Labute approximate surface area is 119 Å². The second-order valence-corrected chi connectivity index (χ2v) is 4.76. The van der Waals surface area contributed by atoms with Crippen molar-refractivity contribution in [1.82, 2.24) is 14.4 Å². The number of hydrogen-bond acceptors (Lipinski definition) is 4. The van der Waals surface area contributed by atoms with Crippen LogP contribution in [0.2, 0.25) is 0 Å². The summed E-state index contributed by atoms with van der Waals surface area (Å²) in [6, 6.07) is 7.49. The molecule has 1 atom stereocenters. The van der Waals surface area contributed by atoms with E-state index in [1.807, 2.05) is 0 Å². The smallest absolute Gasteiger partial charge is 0.267 e. The number of rotatable bonds is 2. The summed E-state index contributed by atoms with van der Waals surface area (Å²) in [5.41, 5.74) is 7.12. The van der Waals surface area contributed by atoms with E-state index in [0.717, 1.165) is 6.20 Å². The predicted octanol–water partition coefficient (Wildman–Crippen LogP) is 1.92. The average Bonchev–Trinajstić information content (AvgIpc) is 2.48. The molecule has 106 valence electrons. The molecule has 3 aromatic rings. The lowest BCUT2D eigenvalue weighted by Gasteiger charge is -2.12. The maximum Gasteiger partial charge on any atom is 0.267 e. The number of fused-ring (bicyclic) bond motifs is 1. The molecule has 3 aromatic heterocycles. The fraction of sp³-hybridized carbons (Fsp3) is 0.133. The molecule has 2 N–H and O–H groups in total. The highest BCUT2D eigenvalue weighted by Gasteiger charge is 2.18. The molecule has 0 aliphatic heterocycles. The molecule has 1 unspecified atom stereocenters. The molecule has 0 fully saturated rings. The fourth-order valence-corrected chi connectivity index (χ4v) is 2.21. The summed E-state index contributed by atoms with van der Waals surface area (Å²) in [5.74, 6) is -0.507. The summed E-state index contributed by atoms with van der Waals surface area (Å²) >= 11 is 0. The summed E-state index contributed by atoms with van der Waals surface area (Å²) in [5, 5.41) is 0. The number of nitrogens with two attached hydrogens (primary N) is 1. The van der Waals surface area contributed by atoms with E-state index in [-0.39, 0.29) is 5.56 Å². The summed E-state index contributed by atoms with van der Waals surface area (Å²) in [6.45, 7) is 1.74. The third-order valence-electron chi connectivity index (χ3n) is 3.17. The molecule has 0 aliphatic rings. The lowest BCUT2D eigenvalue weighted by atomic mass is 10.1. The van der Waals surface area contributed by atoms with Crippen LogP contribution in [0.5, 0.6) is 0 Å². The first kappa shape index (κ1) is 13.4. The molecule has 0 aliphatic carbocycles. The van der Waals surface area contributed by atoms with Crippen LogP contribution in [0, 0.1) is 5.82 Å². The lowest BCUT2D eigenvalue weighted by molar-refractivity contribution is 0.617. The molecule has 0 aromatic carbocycles. The number of aromatic nitrogens is 3. The van der Waals surface area contributed by atoms with E-state index in [0.29, 0.717) is 22.6 Å². The second kappa shape index (κ2) is 5.06. The van der Waals surface area contributed by atoms with Gasteiger partial charge in [0.1, 0.15) is 11.5 Å². The molecule has 0 saturated carbocycles. The fourth-order valence-electron chi connectivity index (χ4n) is 2.21. The third kappa shape index (κ3) is 2.30. The minimum absolute atomic E-state index is 0.300. The van der Waals surface area contributed by atoms with Gasteiger partial charge in [0.05, 0.1) is 17.0 Å². The van der Waals surface area contributed by atoms with Gasteiger partial charge in [0.2, 0.25) is 0 Å².